The second kappa shape index (κ2) is 6.26. The summed E-state index contributed by atoms with van der Waals surface area (Å²) in [6.07, 6.45) is -4.36. The molecule has 1 rings (SSSR count). The lowest BCUT2D eigenvalue weighted by molar-refractivity contribution is -0.153. The summed E-state index contributed by atoms with van der Waals surface area (Å²) in [5.41, 5.74) is -0.813. The van der Waals surface area contributed by atoms with E-state index in [-0.39, 0.29) is 13.1 Å². The van der Waals surface area contributed by atoms with Gasteiger partial charge in [-0.15, -0.1) is 0 Å². The van der Waals surface area contributed by atoms with Gasteiger partial charge in [-0.2, -0.15) is 13.2 Å². The van der Waals surface area contributed by atoms with Crippen molar-refractivity contribution >= 4 is 5.97 Å². The topological polar surface area (TPSA) is 38.3 Å². The maximum atomic E-state index is 12.5. The number of carbonyl (C=O) groups is 1. The number of esters is 1. The highest BCUT2D eigenvalue weighted by Crippen LogP contribution is 2.29. The van der Waals surface area contributed by atoms with Gasteiger partial charge < -0.3 is 10.1 Å². The van der Waals surface area contributed by atoms with Gasteiger partial charge in [-0.25, -0.2) is 0 Å². The molecule has 0 bridgehead atoms. The summed E-state index contributed by atoms with van der Waals surface area (Å²) >= 11 is 0. The first-order valence-electron chi connectivity index (χ1n) is 6.16. The summed E-state index contributed by atoms with van der Waals surface area (Å²) < 4.78 is 42.6. The van der Waals surface area contributed by atoms with E-state index in [9.17, 15) is 18.0 Å². The van der Waals surface area contributed by atoms with Crippen molar-refractivity contribution in [2.75, 3.05) is 6.54 Å². The van der Waals surface area contributed by atoms with E-state index in [0.717, 1.165) is 12.1 Å². The van der Waals surface area contributed by atoms with Gasteiger partial charge in [0.1, 0.15) is 5.60 Å². The van der Waals surface area contributed by atoms with Crippen LogP contribution in [0.15, 0.2) is 24.3 Å². The van der Waals surface area contributed by atoms with E-state index in [1.165, 1.54) is 6.07 Å². The minimum Gasteiger partial charge on any atom is -0.459 e. The van der Waals surface area contributed by atoms with Crippen LogP contribution in [-0.2, 0) is 22.3 Å². The summed E-state index contributed by atoms with van der Waals surface area (Å²) in [5.74, 6) is -0.440. The smallest absolute Gasteiger partial charge is 0.416 e. The zero-order valence-corrected chi connectivity index (χ0v) is 11.7. The number of carbonyl (C=O) groups excluding carboxylic acids is 1. The molecule has 6 heteroatoms. The molecule has 0 heterocycles. The molecule has 112 valence electrons. The van der Waals surface area contributed by atoms with Crippen LogP contribution in [0.3, 0.4) is 0 Å². The van der Waals surface area contributed by atoms with E-state index in [0.29, 0.717) is 5.56 Å². The van der Waals surface area contributed by atoms with Gasteiger partial charge in [0.25, 0.3) is 0 Å². The van der Waals surface area contributed by atoms with E-state index in [4.69, 9.17) is 4.74 Å². The van der Waals surface area contributed by atoms with Crippen molar-refractivity contribution in [2.24, 2.45) is 0 Å². The molecule has 0 radical (unpaired) electrons. The fourth-order valence-corrected chi connectivity index (χ4v) is 1.54. The summed E-state index contributed by atoms with van der Waals surface area (Å²) in [6, 6.07) is 4.98. The number of rotatable bonds is 4. The molecular weight excluding hydrogens is 271 g/mol. The van der Waals surface area contributed by atoms with Crippen LogP contribution in [-0.4, -0.2) is 18.1 Å². The number of nitrogens with one attached hydrogen (secondary N) is 1. The highest BCUT2D eigenvalue weighted by Gasteiger charge is 2.30. The lowest BCUT2D eigenvalue weighted by Crippen LogP contribution is -2.31. The number of hydrogen-bond acceptors (Lipinski definition) is 3. The Morgan fingerprint density at radius 3 is 2.45 bits per heavy atom. The number of halogens is 3. The van der Waals surface area contributed by atoms with Crippen molar-refractivity contribution in [3.05, 3.63) is 35.4 Å². The third-order valence-electron chi connectivity index (χ3n) is 2.27. The van der Waals surface area contributed by atoms with Crippen molar-refractivity contribution in [2.45, 2.75) is 39.1 Å². The first-order valence-corrected chi connectivity index (χ1v) is 6.16. The van der Waals surface area contributed by atoms with E-state index >= 15 is 0 Å². The summed E-state index contributed by atoms with van der Waals surface area (Å²) in [5, 5.41) is 2.76. The Morgan fingerprint density at radius 2 is 1.90 bits per heavy atom. The summed E-state index contributed by atoms with van der Waals surface area (Å²) in [6.45, 7) is 5.36. The molecule has 1 N–H and O–H groups in total. The standard InChI is InChI=1S/C14H18F3NO2/c1-13(2,3)20-12(19)9-18-8-10-5-4-6-11(7-10)14(15,16)17/h4-7,18H,8-9H2,1-3H3. The molecule has 0 saturated heterocycles. The fraction of sp³-hybridized carbons (Fsp3) is 0.500. The molecule has 3 nitrogen and oxygen atoms in total. The van der Waals surface area contributed by atoms with Crippen LogP contribution in [0.25, 0.3) is 0 Å². The third-order valence-corrected chi connectivity index (χ3v) is 2.27. The van der Waals surface area contributed by atoms with Crippen LogP contribution in [0.4, 0.5) is 13.2 Å². The minimum absolute atomic E-state index is 0.0481. The molecular formula is C14H18F3NO2. The quantitative estimate of drug-likeness (QED) is 0.865. The zero-order valence-electron chi connectivity index (χ0n) is 11.7. The molecule has 0 aromatic heterocycles. The van der Waals surface area contributed by atoms with Gasteiger partial charge in [0.05, 0.1) is 12.1 Å². The zero-order chi connectivity index (χ0) is 15.4. The van der Waals surface area contributed by atoms with Crippen molar-refractivity contribution in [1.82, 2.24) is 5.32 Å². The number of alkyl halides is 3. The molecule has 0 unspecified atom stereocenters. The van der Waals surface area contributed by atoms with Gasteiger partial charge in [-0.05, 0) is 32.4 Å². The SMILES string of the molecule is CC(C)(C)OC(=O)CNCc1cccc(C(F)(F)F)c1. The Hall–Kier alpha value is -1.56. The first kappa shape index (κ1) is 16.5. The number of hydrogen-bond donors (Lipinski definition) is 1. The van der Waals surface area contributed by atoms with Crippen LogP contribution >= 0.6 is 0 Å². The van der Waals surface area contributed by atoms with E-state index in [1.807, 2.05) is 0 Å². The van der Waals surface area contributed by atoms with Crippen LogP contribution in [0.5, 0.6) is 0 Å². The molecule has 0 aliphatic rings. The van der Waals surface area contributed by atoms with Crippen molar-refractivity contribution in [3.8, 4) is 0 Å². The lowest BCUT2D eigenvalue weighted by Gasteiger charge is -2.19. The molecule has 0 fully saturated rings. The molecule has 20 heavy (non-hydrogen) atoms. The Kier molecular flexibility index (Phi) is 5.16. The second-order valence-electron chi connectivity index (χ2n) is 5.39. The van der Waals surface area contributed by atoms with Crippen molar-refractivity contribution in [1.29, 1.82) is 0 Å². The van der Waals surface area contributed by atoms with Crippen LogP contribution in [0, 0.1) is 0 Å². The van der Waals surface area contributed by atoms with Gasteiger partial charge in [-0.1, -0.05) is 18.2 Å². The predicted molar refractivity (Wildman–Crippen MR) is 69.0 cm³/mol. The Balaban J connectivity index is 2.49. The largest absolute Gasteiger partial charge is 0.459 e. The monoisotopic (exact) mass is 289 g/mol. The fourth-order valence-electron chi connectivity index (χ4n) is 1.54. The third kappa shape index (κ3) is 6.06. The summed E-state index contributed by atoms with van der Waals surface area (Å²) in [4.78, 5) is 11.4. The molecule has 1 aromatic carbocycles. The lowest BCUT2D eigenvalue weighted by atomic mass is 10.1. The average molecular weight is 289 g/mol. The van der Waals surface area contributed by atoms with Gasteiger partial charge >= 0.3 is 12.1 Å². The van der Waals surface area contributed by atoms with Crippen LogP contribution in [0.2, 0.25) is 0 Å². The highest BCUT2D eigenvalue weighted by molar-refractivity contribution is 5.72. The normalized spacial score (nSPS) is 12.3. The Bertz CT molecular complexity index is 464. The minimum atomic E-state index is -4.36. The molecule has 0 spiro atoms. The van der Waals surface area contributed by atoms with Gasteiger partial charge in [0, 0.05) is 6.54 Å². The van der Waals surface area contributed by atoms with Crippen molar-refractivity contribution in [3.63, 3.8) is 0 Å². The van der Waals surface area contributed by atoms with Crippen LogP contribution < -0.4 is 5.32 Å². The number of benzene rings is 1. The first-order chi connectivity index (χ1) is 9.08. The average Bonchev–Trinajstić information content (AvgIpc) is 2.25. The van der Waals surface area contributed by atoms with E-state index < -0.39 is 23.3 Å². The Morgan fingerprint density at radius 1 is 1.25 bits per heavy atom. The van der Waals surface area contributed by atoms with Crippen LogP contribution in [0.1, 0.15) is 31.9 Å². The van der Waals surface area contributed by atoms with Gasteiger partial charge in [0.2, 0.25) is 0 Å². The summed E-state index contributed by atoms with van der Waals surface area (Å²) in [7, 11) is 0. The van der Waals surface area contributed by atoms with Crippen molar-refractivity contribution < 1.29 is 22.7 Å². The molecule has 0 amide bonds. The maximum Gasteiger partial charge on any atom is 0.416 e. The maximum absolute atomic E-state index is 12.5. The molecule has 0 aliphatic carbocycles. The molecule has 0 atom stereocenters. The second-order valence-corrected chi connectivity index (χ2v) is 5.39. The Labute approximate surface area is 116 Å². The van der Waals surface area contributed by atoms with Gasteiger partial charge in [0.15, 0.2) is 0 Å². The molecule has 0 saturated carbocycles. The molecule has 1 aromatic rings. The molecule has 0 aliphatic heterocycles. The number of ether oxygens (including phenoxy) is 1. The van der Waals surface area contributed by atoms with E-state index in [1.54, 1.807) is 26.8 Å². The van der Waals surface area contributed by atoms with E-state index in [2.05, 4.69) is 5.32 Å². The van der Waals surface area contributed by atoms with Gasteiger partial charge in [-0.3, -0.25) is 4.79 Å². The highest BCUT2D eigenvalue weighted by atomic mass is 19.4. The predicted octanol–water partition coefficient (Wildman–Crippen LogP) is 3.14.